The number of amides is 1. The van der Waals surface area contributed by atoms with E-state index in [0.29, 0.717) is 22.9 Å². The van der Waals surface area contributed by atoms with Gasteiger partial charge < -0.3 is 5.32 Å². The van der Waals surface area contributed by atoms with E-state index in [2.05, 4.69) is 20.2 Å². The van der Waals surface area contributed by atoms with Crippen LogP contribution in [0.25, 0.3) is 0 Å². The lowest BCUT2D eigenvalue weighted by Gasteiger charge is -2.09. The predicted molar refractivity (Wildman–Crippen MR) is 120 cm³/mol. The molecule has 2 N–H and O–H groups in total. The molecule has 1 heterocycles. The number of sulfonamides is 1. The fourth-order valence-corrected chi connectivity index (χ4v) is 4.38. The predicted octanol–water partition coefficient (Wildman–Crippen LogP) is 4.71. The van der Waals surface area contributed by atoms with E-state index in [-0.39, 0.29) is 21.8 Å². The highest BCUT2D eigenvalue weighted by atomic mass is 35.5. The van der Waals surface area contributed by atoms with Gasteiger partial charge in [-0.25, -0.2) is 8.42 Å². The van der Waals surface area contributed by atoms with Gasteiger partial charge in [0.2, 0.25) is 5.91 Å². The number of benzene rings is 2. The van der Waals surface area contributed by atoms with Gasteiger partial charge in [-0.1, -0.05) is 23.2 Å². The minimum Gasteiger partial charge on any atom is -0.326 e. The van der Waals surface area contributed by atoms with Crippen LogP contribution in [0, 0.1) is 0 Å². The van der Waals surface area contributed by atoms with Gasteiger partial charge in [0.25, 0.3) is 10.0 Å². The zero-order valence-corrected chi connectivity index (χ0v) is 18.5. The van der Waals surface area contributed by atoms with Gasteiger partial charge in [0, 0.05) is 27.8 Å². The van der Waals surface area contributed by atoms with Crippen LogP contribution in [0.3, 0.4) is 0 Å². The van der Waals surface area contributed by atoms with E-state index >= 15 is 0 Å². The standard InChI is InChI=1S/C19H16Cl2N4O3S2/c20-13-1-5-15(6-2-13)29-12-11-19(26)22-14-3-7-16(8-4-14)30(27,28)25-18-10-9-17(21)23-24-18/h1-10H,11-12H2,(H,22,26)(H,24,25). The Morgan fingerprint density at radius 1 is 0.933 bits per heavy atom. The molecular formula is C19H16Cl2N4O3S2. The average Bonchev–Trinajstić information content (AvgIpc) is 2.71. The number of rotatable bonds is 8. The molecule has 0 bridgehead atoms. The van der Waals surface area contributed by atoms with Gasteiger partial charge in [-0.3, -0.25) is 9.52 Å². The van der Waals surface area contributed by atoms with E-state index in [4.69, 9.17) is 23.2 Å². The maximum atomic E-state index is 12.4. The number of thioether (sulfide) groups is 1. The summed E-state index contributed by atoms with van der Waals surface area (Å²) >= 11 is 13.0. The fraction of sp³-hybridized carbons (Fsp3) is 0.105. The molecule has 3 aromatic rings. The van der Waals surface area contributed by atoms with Crippen LogP contribution in [0.4, 0.5) is 11.5 Å². The lowest BCUT2D eigenvalue weighted by Crippen LogP contribution is -2.15. The van der Waals surface area contributed by atoms with Crippen molar-refractivity contribution in [3.05, 3.63) is 70.8 Å². The van der Waals surface area contributed by atoms with E-state index < -0.39 is 10.0 Å². The number of carbonyl (C=O) groups is 1. The first-order valence-corrected chi connectivity index (χ1v) is 11.8. The molecule has 1 amide bonds. The van der Waals surface area contributed by atoms with Crippen molar-refractivity contribution in [2.45, 2.75) is 16.2 Å². The van der Waals surface area contributed by atoms with E-state index in [1.165, 1.54) is 36.4 Å². The van der Waals surface area contributed by atoms with Crippen molar-refractivity contribution in [2.75, 3.05) is 15.8 Å². The number of hydrogen-bond acceptors (Lipinski definition) is 6. The zero-order chi connectivity index (χ0) is 21.6. The molecule has 0 unspecified atom stereocenters. The summed E-state index contributed by atoms with van der Waals surface area (Å²) in [5.41, 5.74) is 0.502. The molecule has 0 saturated carbocycles. The van der Waals surface area contributed by atoms with Gasteiger partial charge in [-0.05, 0) is 60.7 Å². The zero-order valence-electron chi connectivity index (χ0n) is 15.4. The second-order valence-electron chi connectivity index (χ2n) is 5.97. The summed E-state index contributed by atoms with van der Waals surface area (Å²) in [5, 5.41) is 10.8. The summed E-state index contributed by atoms with van der Waals surface area (Å²) in [5.74, 6) is 0.489. The third-order valence-electron chi connectivity index (χ3n) is 3.73. The van der Waals surface area contributed by atoms with Gasteiger partial charge in [0.15, 0.2) is 11.0 Å². The Morgan fingerprint density at radius 3 is 2.27 bits per heavy atom. The maximum Gasteiger partial charge on any atom is 0.263 e. The number of carbonyl (C=O) groups excluding carboxylic acids is 1. The summed E-state index contributed by atoms with van der Waals surface area (Å²) in [6, 6.07) is 16.1. The van der Waals surface area contributed by atoms with Crippen LogP contribution in [0.5, 0.6) is 0 Å². The molecule has 156 valence electrons. The molecule has 2 aromatic carbocycles. The van der Waals surface area contributed by atoms with Crippen molar-refractivity contribution in [3.8, 4) is 0 Å². The Bertz CT molecular complexity index is 1110. The van der Waals surface area contributed by atoms with Gasteiger partial charge in [0.05, 0.1) is 4.90 Å². The molecule has 3 rings (SSSR count). The molecule has 0 saturated heterocycles. The summed E-state index contributed by atoms with van der Waals surface area (Å²) in [6.07, 6.45) is 0.310. The molecule has 0 radical (unpaired) electrons. The van der Waals surface area contributed by atoms with Crippen LogP contribution in [0.2, 0.25) is 10.2 Å². The minimum atomic E-state index is -3.84. The normalized spacial score (nSPS) is 11.1. The highest BCUT2D eigenvalue weighted by Gasteiger charge is 2.15. The van der Waals surface area contributed by atoms with Gasteiger partial charge in [-0.15, -0.1) is 22.0 Å². The number of nitrogens with zero attached hydrogens (tertiary/aromatic N) is 2. The SMILES string of the molecule is O=C(CCSc1ccc(Cl)cc1)Nc1ccc(S(=O)(=O)Nc2ccc(Cl)nn2)cc1. The highest BCUT2D eigenvalue weighted by molar-refractivity contribution is 7.99. The minimum absolute atomic E-state index is 0.0237. The Kier molecular flexibility index (Phi) is 7.54. The second kappa shape index (κ2) is 10.1. The maximum absolute atomic E-state index is 12.4. The second-order valence-corrected chi connectivity index (χ2v) is 9.65. The molecule has 7 nitrogen and oxygen atoms in total. The quantitative estimate of drug-likeness (QED) is 0.451. The highest BCUT2D eigenvalue weighted by Crippen LogP contribution is 2.22. The van der Waals surface area contributed by atoms with E-state index in [9.17, 15) is 13.2 Å². The van der Waals surface area contributed by atoms with Crippen LogP contribution in [0.15, 0.2) is 70.5 Å². The van der Waals surface area contributed by atoms with Gasteiger partial charge >= 0.3 is 0 Å². The first-order valence-electron chi connectivity index (χ1n) is 8.62. The third kappa shape index (κ3) is 6.60. The molecule has 0 aliphatic rings. The Labute approximate surface area is 188 Å². The molecule has 30 heavy (non-hydrogen) atoms. The van der Waals surface area contributed by atoms with Crippen LogP contribution in [-0.4, -0.2) is 30.3 Å². The van der Waals surface area contributed by atoms with Crippen molar-refractivity contribution in [3.63, 3.8) is 0 Å². The molecule has 0 atom stereocenters. The van der Waals surface area contributed by atoms with E-state index in [0.717, 1.165) is 4.90 Å². The molecule has 0 fully saturated rings. The fourth-order valence-electron chi connectivity index (χ4n) is 2.30. The average molecular weight is 483 g/mol. The molecule has 0 aliphatic heterocycles. The monoisotopic (exact) mass is 482 g/mol. The van der Waals surface area contributed by atoms with Crippen LogP contribution >= 0.6 is 35.0 Å². The van der Waals surface area contributed by atoms with Crippen molar-refractivity contribution < 1.29 is 13.2 Å². The lowest BCUT2D eigenvalue weighted by molar-refractivity contribution is -0.115. The number of aromatic nitrogens is 2. The Balaban J connectivity index is 1.52. The largest absolute Gasteiger partial charge is 0.326 e. The topological polar surface area (TPSA) is 101 Å². The van der Waals surface area contributed by atoms with E-state index in [1.54, 1.807) is 23.9 Å². The lowest BCUT2D eigenvalue weighted by atomic mass is 10.3. The first kappa shape index (κ1) is 22.4. The summed E-state index contributed by atoms with van der Waals surface area (Å²) in [6.45, 7) is 0. The molecular weight excluding hydrogens is 467 g/mol. The first-order chi connectivity index (χ1) is 14.3. The van der Waals surface area contributed by atoms with Crippen molar-refractivity contribution in [2.24, 2.45) is 0 Å². The summed E-state index contributed by atoms with van der Waals surface area (Å²) in [7, 11) is -3.84. The van der Waals surface area contributed by atoms with E-state index in [1.807, 2.05) is 12.1 Å². The van der Waals surface area contributed by atoms with Gasteiger partial charge in [0.1, 0.15) is 0 Å². The van der Waals surface area contributed by atoms with Gasteiger partial charge in [-0.2, -0.15) is 0 Å². The van der Waals surface area contributed by atoms with Crippen LogP contribution in [-0.2, 0) is 14.8 Å². The number of halogens is 2. The van der Waals surface area contributed by atoms with Crippen LogP contribution in [0.1, 0.15) is 6.42 Å². The third-order valence-corrected chi connectivity index (χ3v) is 6.57. The smallest absolute Gasteiger partial charge is 0.263 e. The molecule has 0 spiro atoms. The molecule has 11 heteroatoms. The molecule has 0 aliphatic carbocycles. The Morgan fingerprint density at radius 2 is 1.63 bits per heavy atom. The van der Waals surface area contributed by atoms with Crippen molar-refractivity contribution in [1.29, 1.82) is 0 Å². The van der Waals surface area contributed by atoms with Crippen LogP contribution < -0.4 is 10.0 Å². The summed E-state index contributed by atoms with van der Waals surface area (Å²) < 4.78 is 27.1. The van der Waals surface area contributed by atoms with Crippen molar-refractivity contribution in [1.82, 2.24) is 10.2 Å². The number of anilines is 2. The molecule has 1 aromatic heterocycles. The number of hydrogen-bond donors (Lipinski definition) is 2. The Hall–Kier alpha value is -2.33. The summed E-state index contributed by atoms with van der Waals surface area (Å²) in [4.78, 5) is 13.2. The van der Waals surface area contributed by atoms with Crippen molar-refractivity contribution >= 4 is 62.4 Å². The number of nitrogens with one attached hydrogen (secondary N) is 2.